The van der Waals surface area contributed by atoms with E-state index in [0.717, 1.165) is 30.5 Å². The number of nitrogens with one attached hydrogen (secondary N) is 4. The molecule has 1 amide bonds. The number of amides is 1. The van der Waals surface area contributed by atoms with Crippen LogP contribution in [0.15, 0.2) is 47.5 Å². The third-order valence-corrected chi connectivity index (χ3v) is 6.67. The monoisotopic (exact) mass is 546 g/mol. The lowest BCUT2D eigenvalue weighted by molar-refractivity contribution is -0.117. The van der Waals surface area contributed by atoms with Crippen molar-refractivity contribution in [1.29, 1.82) is 5.26 Å². The van der Waals surface area contributed by atoms with Crippen LogP contribution in [0.2, 0.25) is 5.02 Å². The third kappa shape index (κ3) is 6.96. The number of hydrazine groups is 1. The third-order valence-electron chi connectivity index (χ3n) is 6.43. The van der Waals surface area contributed by atoms with E-state index in [9.17, 15) is 10.1 Å². The summed E-state index contributed by atoms with van der Waals surface area (Å²) in [6.45, 7) is 2.13. The van der Waals surface area contributed by atoms with Crippen LogP contribution in [0, 0.1) is 11.3 Å². The van der Waals surface area contributed by atoms with Crippen molar-refractivity contribution in [2.24, 2.45) is 10.8 Å². The number of H-pyrrole nitrogens is 1. The second-order valence-electron chi connectivity index (χ2n) is 9.22. The number of imidazole rings is 1. The Hall–Kier alpha value is -4.33. The highest BCUT2D eigenvalue weighted by Gasteiger charge is 2.23. The molecule has 39 heavy (non-hydrogen) atoms. The molecule has 1 aromatic heterocycles. The van der Waals surface area contributed by atoms with Crippen molar-refractivity contribution in [3.63, 3.8) is 0 Å². The van der Waals surface area contributed by atoms with Gasteiger partial charge in [0.15, 0.2) is 5.69 Å². The molecule has 1 aliphatic heterocycles. The number of nitrogens with two attached hydrogens (primary N) is 1. The second-order valence-corrected chi connectivity index (χ2v) is 9.66. The highest BCUT2D eigenvalue weighted by atomic mass is 35.5. The number of methoxy groups -OCH3 is 1. The topological polar surface area (TPSA) is 153 Å². The van der Waals surface area contributed by atoms with E-state index >= 15 is 0 Å². The smallest absolute Gasteiger partial charge is 0.244 e. The standard InChI is InChI=1S/C28H31ClN8O2/c1-17-5-3-4-6-23(35-26(38)12-7-18-13-19(29)8-11-22(18)32-16-33-31)28-36-25(15-30)27(37-28)21-10-9-20(39-2)14-24(21)34-17/h7-14,16-17,23,34H,3-6,31H2,1-2H3,(H,32,33)(H,35,38)(H,36,37)/b12-7+/t17-,23-/m0/s1. The van der Waals surface area contributed by atoms with Crippen LogP contribution in [0.1, 0.15) is 55.7 Å². The van der Waals surface area contributed by atoms with Crippen LogP contribution >= 0.6 is 11.6 Å². The van der Waals surface area contributed by atoms with Crippen LogP contribution in [-0.4, -0.2) is 35.4 Å². The Bertz CT molecular complexity index is 1430. The molecule has 0 spiro atoms. The number of carbonyl (C=O) groups excluding carboxylic acids is 1. The zero-order valence-corrected chi connectivity index (χ0v) is 22.5. The van der Waals surface area contributed by atoms with E-state index in [-0.39, 0.29) is 17.6 Å². The SMILES string of the molecule is COc1ccc2c(c1)N[C@@H](C)CCCC[C@H](NC(=O)/C=C/c1cc(Cl)ccc1N=CNN)c1nc(C#N)c-2[nH]1. The number of fused-ring (bicyclic) bond motifs is 4. The summed E-state index contributed by atoms with van der Waals surface area (Å²) in [7, 11) is 1.62. The Morgan fingerprint density at radius 3 is 2.87 bits per heavy atom. The molecule has 0 saturated heterocycles. The Labute approximate surface area is 232 Å². The molecule has 6 N–H and O–H groups in total. The average molecular weight is 547 g/mol. The fourth-order valence-corrected chi connectivity index (χ4v) is 4.68. The van der Waals surface area contributed by atoms with Gasteiger partial charge in [-0.05, 0) is 56.2 Å². The highest BCUT2D eigenvalue weighted by molar-refractivity contribution is 6.30. The van der Waals surface area contributed by atoms with E-state index in [4.69, 9.17) is 22.2 Å². The lowest BCUT2D eigenvalue weighted by Crippen LogP contribution is -2.28. The lowest BCUT2D eigenvalue weighted by Gasteiger charge is -2.21. The number of hydrogen-bond acceptors (Lipinski definition) is 7. The Balaban J connectivity index is 1.64. The van der Waals surface area contributed by atoms with Gasteiger partial charge in [-0.2, -0.15) is 5.26 Å². The van der Waals surface area contributed by atoms with E-state index in [1.54, 1.807) is 31.4 Å². The predicted molar refractivity (Wildman–Crippen MR) is 154 cm³/mol. The van der Waals surface area contributed by atoms with Crippen LogP contribution in [0.25, 0.3) is 17.3 Å². The molecule has 202 valence electrons. The van der Waals surface area contributed by atoms with Crippen molar-refractivity contribution in [3.05, 3.63) is 64.6 Å². The van der Waals surface area contributed by atoms with Gasteiger partial charge in [-0.1, -0.05) is 24.4 Å². The molecular weight excluding hydrogens is 516 g/mol. The molecule has 0 fully saturated rings. The number of anilines is 1. The summed E-state index contributed by atoms with van der Waals surface area (Å²) >= 11 is 6.15. The molecule has 1 aliphatic rings. The Morgan fingerprint density at radius 1 is 1.28 bits per heavy atom. The number of ether oxygens (including phenoxy) is 1. The molecule has 2 aromatic carbocycles. The molecule has 0 unspecified atom stereocenters. The first kappa shape index (κ1) is 27.7. The van der Waals surface area contributed by atoms with Crippen LogP contribution in [0.5, 0.6) is 5.75 Å². The average Bonchev–Trinajstić information content (AvgIpc) is 3.36. The van der Waals surface area contributed by atoms with Crippen molar-refractivity contribution < 1.29 is 9.53 Å². The van der Waals surface area contributed by atoms with Gasteiger partial charge in [-0.25, -0.2) is 15.8 Å². The normalized spacial score (nSPS) is 17.4. The van der Waals surface area contributed by atoms with Gasteiger partial charge in [-0.15, -0.1) is 0 Å². The summed E-state index contributed by atoms with van der Waals surface area (Å²) in [6, 6.07) is 12.8. The first-order valence-electron chi connectivity index (χ1n) is 12.6. The molecule has 0 aliphatic carbocycles. The maximum atomic E-state index is 13.0. The number of aromatic nitrogens is 2. The molecule has 3 aromatic rings. The van der Waals surface area contributed by atoms with E-state index in [1.165, 1.54) is 12.4 Å². The lowest BCUT2D eigenvalue weighted by atomic mass is 10.0. The zero-order valence-electron chi connectivity index (χ0n) is 21.8. The van der Waals surface area contributed by atoms with E-state index in [2.05, 4.69) is 44.0 Å². The minimum atomic E-state index is -0.411. The fraction of sp³-hybridized carbons (Fsp3) is 0.286. The van der Waals surface area contributed by atoms with Gasteiger partial charge < -0.3 is 25.8 Å². The van der Waals surface area contributed by atoms with Gasteiger partial charge in [-0.3, -0.25) is 4.79 Å². The molecular formula is C28H31ClN8O2. The van der Waals surface area contributed by atoms with E-state index < -0.39 is 6.04 Å². The van der Waals surface area contributed by atoms with Gasteiger partial charge in [0, 0.05) is 40.0 Å². The van der Waals surface area contributed by atoms with Gasteiger partial charge in [0.05, 0.1) is 24.5 Å². The van der Waals surface area contributed by atoms with E-state index in [1.807, 2.05) is 18.2 Å². The summed E-state index contributed by atoms with van der Waals surface area (Å²) in [5.41, 5.74) is 6.12. The Kier molecular flexibility index (Phi) is 9.20. The van der Waals surface area contributed by atoms with Crippen molar-refractivity contribution >= 4 is 41.3 Å². The molecule has 2 bridgehead atoms. The number of aromatic amines is 1. The van der Waals surface area contributed by atoms with Gasteiger partial charge in [0.25, 0.3) is 0 Å². The number of hydrogen-bond donors (Lipinski definition) is 5. The summed E-state index contributed by atoms with van der Waals surface area (Å²) in [5, 5.41) is 17.0. The largest absolute Gasteiger partial charge is 0.497 e. The number of aliphatic imine (C=N–C) groups is 1. The predicted octanol–water partition coefficient (Wildman–Crippen LogP) is 4.98. The van der Waals surface area contributed by atoms with Gasteiger partial charge in [0.2, 0.25) is 5.91 Å². The van der Waals surface area contributed by atoms with Crippen molar-refractivity contribution in [2.45, 2.75) is 44.7 Å². The first-order valence-corrected chi connectivity index (χ1v) is 13.0. The fourth-order valence-electron chi connectivity index (χ4n) is 4.50. The number of nitrogens with zero attached hydrogens (tertiary/aromatic N) is 3. The summed E-state index contributed by atoms with van der Waals surface area (Å²) < 4.78 is 5.42. The maximum Gasteiger partial charge on any atom is 0.244 e. The molecule has 10 nitrogen and oxygen atoms in total. The van der Waals surface area contributed by atoms with Crippen molar-refractivity contribution in [3.8, 4) is 23.1 Å². The molecule has 11 heteroatoms. The molecule has 4 rings (SSSR count). The maximum absolute atomic E-state index is 13.0. The quantitative estimate of drug-likeness (QED) is 0.0960. The molecule has 2 atom stereocenters. The zero-order chi connectivity index (χ0) is 27.8. The van der Waals surface area contributed by atoms with E-state index in [0.29, 0.717) is 40.0 Å². The number of halogens is 1. The molecule has 0 radical (unpaired) electrons. The summed E-state index contributed by atoms with van der Waals surface area (Å²) in [6.07, 6.45) is 7.84. The second kappa shape index (κ2) is 13.0. The number of rotatable bonds is 6. The van der Waals surface area contributed by atoms with Crippen LogP contribution in [0.4, 0.5) is 11.4 Å². The minimum absolute atomic E-state index is 0.197. The van der Waals surface area contributed by atoms with Crippen LogP contribution < -0.4 is 26.6 Å². The number of benzene rings is 2. The summed E-state index contributed by atoms with van der Waals surface area (Å²) in [5.74, 6) is 6.22. The first-order chi connectivity index (χ1) is 18.9. The van der Waals surface area contributed by atoms with Crippen molar-refractivity contribution in [1.82, 2.24) is 20.7 Å². The highest BCUT2D eigenvalue weighted by Crippen LogP contribution is 2.35. The van der Waals surface area contributed by atoms with Crippen LogP contribution in [0.3, 0.4) is 0 Å². The molecule has 2 heterocycles. The molecule has 0 saturated carbocycles. The van der Waals surface area contributed by atoms with Gasteiger partial charge >= 0.3 is 0 Å². The number of nitriles is 1. The van der Waals surface area contributed by atoms with Gasteiger partial charge in [0.1, 0.15) is 24.0 Å². The summed E-state index contributed by atoms with van der Waals surface area (Å²) in [4.78, 5) is 25.1. The number of carbonyl (C=O) groups is 1. The van der Waals surface area contributed by atoms with Crippen LogP contribution in [-0.2, 0) is 4.79 Å². The minimum Gasteiger partial charge on any atom is -0.497 e. The Morgan fingerprint density at radius 2 is 2.10 bits per heavy atom. The van der Waals surface area contributed by atoms with Crippen molar-refractivity contribution in [2.75, 3.05) is 12.4 Å².